The van der Waals surface area contributed by atoms with Crippen molar-refractivity contribution >= 4 is 65.1 Å². The maximum Gasteiger partial charge on any atom is 0.244 e. The van der Waals surface area contributed by atoms with Gasteiger partial charge in [-0.1, -0.05) is 41.7 Å². The van der Waals surface area contributed by atoms with Crippen molar-refractivity contribution in [3.05, 3.63) is 59.7 Å². The number of aromatic nitrogens is 1. The van der Waals surface area contributed by atoms with Gasteiger partial charge in [-0.3, -0.25) is 4.79 Å². The van der Waals surface area contributed by atoms with E-state index >= 15 is 0 Å². The van der Waals surface area contributed by atoms with E-state index in [1.807, 2.05) is 18.4 Å². The number of fused-ring (bicyclic) bond motifs is 2. The van der Waals surface area contributed by atoms with Gasteiger partial charge in [-0.25, -0.2) is 13.4 Å². The van der Waals surface area contributed by atoms with Gasteiger partial charge in [-0.05, 0) is 66.7 Å². The predicted molar refractivity (Wildman–Crippen MR) is 143 cm³/mol. The second kappa shape index (κ2) is 8.89. The quantitative estimate of drug-likeness (QED) is 0.359. The summed E-state index contributed by atoms with van der Waals surface area (Å²) in [5, 5.41) is 6.11. The number of nitrogens with one attached hydrogen (secondary N) is 1. The van der Waals surface area contributed by atoms with Crippen LogP contribution >= 0.6 is 23.1 Å². The van der Waals surface area contributed by atoms with E-state index in [4.69, 9.17) is 4.98 Å². The van der Waals surface area contributed by atoms with Crippen LogP contribution in [0.3, 0.4) is 0 Å². The Bertz CT molecular complexity index is 1570. The summed E-state index contributed by atoms with van der Waals surface area (Å²) in [7, 11) is -3.58. The number of rotatable bonds is 5. The summed E-state index contributed by atoms with van der Waals surface area (Å²) < 4.78 is 29.0. The fraction of sp³-hybridized carbons (Fsp3) is 0.308. The van der Waals surface area contributed by atoms with Crippen molar-refractivity contribution in [3.63, 3.8) is 0 Å². The van der Waals surface area contributed by atoms with E-state index in [9.17, 15) is 13.2 Å². The van der Waals surface area contributed by atoms with Crippen LogP contribution in [0.15, 0.2) is 58.3 Å². The van der Waals surface area contributed by atoms with Crippen LogP contribution in [-0.4, -0.2) is 43.0 Å². The Morgan fingerprint density at radius 2 is 1.86 bits per heavy atom. The third kappa shape index (κ3) is 3.94. The summed E-state index contributed by atoms with van der Waals surface area (Å²) in [6.45, 7) is 0.666. The van der Waals surface area contributed by atoms with Gasteiger partial charge in [-0.15, -0.1) is 11.8 Å². The summed E-state index contributed by atoms with van der Waals surface area (Å²) in [5.41, 5.74) is 3.68. The van der Waals surface area contributed by atoms with Gasteiger partial charge >= 0.3 is 0 Å². The molecule has 1 N–H and O–H groups in total. The third-order valence-electron chi connectivity index (χ3n) is 7.09. The van der Waals surface area contributed by atoms with Gasteiger partial charge in [0.15, 0.2) is 5.13 Å². The zero-order valence-corrected chi connectivity index (χ0v) is 21.7. The molecule has 1 aliphatic carbocycles. The van der Waals surface area contributed by atoms with E-state index in [1.54, 1.807) is 12.1 Å². The molecule has 0 unspecified atom stereocenters. The van der Waals surface area contributed by atoms with Crippen LogP contribution in [0.5, 0.6) is 0 Å². The van der Waals surface area contributed by atoms with Crippen molar-refractivity contribution in [1.82, 2.24) is 9.29 Å². The molecule has 0 saturated carbocycles. The predicted octanol–water partition coefficient (Wildman–Crippen LogP) is 5.31. The number of benzene rings is 3. The van der Waals surface area contributed by atoms with Crippen LogP contribution < -0.4 is 5.32 Å². The van der Waals surface area contributed by atoms with Gasteiger partial charge in [-0.2, -0.15) is 4.31 Å². The maximum atomic E-state index is 13.2. The van der Waals surface area contributed by atoms with Crippen LogP contribution in [0, 0.1) is 5.92 Å². The number of hydrogen-bond acceptors (Lipinski definition) is 6. The molecule has 35 heavy (non-hydrogen) atoms. The molecule has 1 saturated heterocycles. The molecule has 6 nitrogen and oxygen atoms in total. The molecule has 3 aromatic carbocycles. The molecule has 2 aliphatic rings. The number of nitrogens with zero attached hydrogens (tertiary/aromatic N) is 2. The van der Waals surface area contributed by atoms with Crippen LogP contribution in [-0.2, 0) is 27.7 Å². The molecule has 2 heterocycles. The number of thioether (sulfide) groups is 1. The number of anilines is 1. The molecule has 9 heteroatoms. The summed E-state index contributed by atoms with van der Waals surface area (Å²) in [5.74, 6) is -0.315. The molecule has 1 aliphatic heterocycles. The minimum atomic E-state index is -3.58. The Morgan fingerprint density at radius 3 is 2.66 bits per heavy atom. The molecule has 0 spiro atoms. The summed E-state index contributed by atoms with van der Waals surface area (Å²) in [6.07, 6.45) is 4.99. The second-order valence-corrected chi connectivity index (χ2v) is 12.8. The number of carbonyl (C=O) groups is 1. The number of sulfonamides is 1. The van der Waals surface area contributed by atoms with Crippen molar-refractivity contribution < 1.29 is 13.2 Å². The van der Waals surface area contributed by atoms with Crippen LogP contribution in [0.25, 0.3) is 21.0 Å². The Morgan fingerprint density at radius 1 is 1.09 bits per heavy atom. The first kappa shape index (κ1) is 23.0. The Labute approximate surface area is 212 Å². The molecule has 0 bridgehead atoms. The first-order valence-corrected chi connectivity index (χ1v) is 15.2. The van der Waals surface area contributed by atoms with E-state index in [0.717, 1.165) is 33.3 Å². The lowest BCUT2D eigenvalue weighted by atomic mass is 9.97. The first-order chi connectivity index (χ1) is 17.0. The van der Waals surface area contributed by atoms with Gasteiger partial charge in [0.25, 0.3) is 0 Å². The lowest BCUT2D eigenvalue weighted by molar-refractivity contribution is -0.120. The fourth-order valence-electron chi connectivity index (χ4n) is 5.29. The lowest BCUT2D eigenvalue weighted by Gasteiger charge is -2.30. The monoisotopic (exact) mass is 523 g/mol. The smallest absolute Gasteiger partial charge is 0.244 e. The Kier molecular flexibility index (Phi) is 5.83. The second-order valence-electron chi connectivity index (χ2n) is 9.06. The fourth-order valence-corrected chi connectivity index (χ4v) is 8.84. The molecule has 1 amide bonds. The van der Waals surface area contributed by atoms with E-state index in [1.165, 1.54) is 43.9 Å². The first-order valence-electron chi connectivity index (χ1n) is 11.7. The van der Waals surface area contributed by atoms with Gasteiger partial charge < -0.3 is 5.32 Å². The molecular formula is C26H25N3O3S3. The molecular weight excluding hydrogens is 499 g/mol. The Balaban J connectivity index is 1.17. The molecule has 1 aromatic heterocycles. The average Bonchev–Trinajstić information content (AvgIpc) is 3.49. The molecule has 4 aromatic rings. The number of thiazole rings is 1. The number of piperidine rings is 1. The van der Waals surface area contributed by atoms with Crippen molar-refractivity contribution in [2.75, 3.05) is 24.7 Å². The molecule has 0 atom stereocenters. The standard InChI is InChI=1S/C26H25N3O3S3/c1-33-20-7-2-3-8-22(20)35(31,32)29-13-11-17(12-14-29)25(30)28-26-27-24-19-6-4-5-16-9-10-18(23(16)19)15-21(24)34-26/h2-8,15,17H,9-14H2,1H3,(H,27,28,30). The minimum Gasteiger partial charge on any atom is -0.302 e. The number of amides is 1. The highest BCUT2D eigenvalue weighted by atomic mass is 32.2. The topological polar surface area (TPSA) is 79.4 Å². The minimum absolute atomic E-state index is 0.0806. The molecule has 6 rings (SSSR count). The summed E-state index contributed by atoms with van der Waals surface area (Å²) in [6, 6.07) is 15.7. The van der Waals surface area contributed by atoms with Crippen molar-refractivity contribution in [1.29, 1.82) is 0 Å². The van der Waals surface area contributed by atoms with E-state index in [2.05, 4.69) is 29.6 Å². The number of hydrogen-bond donors (Lipinski definition) is 1. The van der Waals surface area contributed by atoms with Crippen LogP contribution in [0.2, 0.25) is 0 Å². The van der Waals surface area contributed by atoms with E-state index in [0.29, 0.717) is 36.0 Å². The van der Waals surface area contributed by atoms with Gasteiger partial charge in [0.2, 0.25) is 15.9 Å². The van der Waals surface area contributed by atoms with Gasteiger partial charge in [0.05, 0.1) is 15.1 Å². The number of carbonyl (C=O) groups excluding carboxylic acids is 1. The van der Waals surface area contributed by atoms with Crippen LogP contribution in [0.4, 0.5) is 5.13 Å². The van der Waals surface area contributed by atoms with E-state index in [-0.39, 0.29) is 11.8 Å². The van der Waals surface area contributed by atoms with Crippen molar-refractivity contribution in [3.8, 4) is 0 Å². The Hall–Kier alpha value is -2.46. The zero-order chi connectivity index (χ0) is 24.2. The average molecular weight is 524 g/mol. The highest BCUT2D eigenvalue weighted by Crippen LogP contribution is 2.39. The largest absolute Gasteiger partial charge is 0.302 e. The normalized spacial score (nSPS) is 16.8. The third-order valence-corrected chi connectivity index (χ3v) is 10.9. The molecule has 1 fully saturated rings. The highest BCUT2D eigenvalue weighted by Gasteiger charge is 2.33. The lowest BCUT2D eigenvalue weighted by Crippen LogP contribution is -2.41. The van der Waals surface area contributed by atoms with Crippen molar-refractivity contribution in [2.45, 2.75) is 35.5 Å². The molecule has 180 valence electrons. The molecule has 0 radical (unpaired) electrons. The summed E-state index contributed by atoms with van der Waals surface area (Å²) in [4.78, 5) is 18.9. The zero-order valence-electron chi connectivity index (χ0n) is 19.3. The van der Waals surface area contributed by atoms with Gasteiger partial charge in [0, 0.05) is 29.3 Å². The van der Waals surface area contributed by atoms with Crippen molar-refractivity contribution in [2.24, 2.45) is 5.92 Å². The SMILES string of the molecule is CSc1ccccc1S(=O)(=O)N1CCC(C(=O)Nc2nc3c(cc4c5c(cccc53)CC4)s2)CC1. The van der Waals surface area contributed by atoms with Crippen LogP contribution in [0.1, 0.15) is 24.0 Å². The maximum absolute atomic E-state index is 13.2. The number of aryl methyl sites for hydroxylation is 2. The van der Waals surface area contributed by atoms with Gasteiger partial charge in [0.1, 0.15) is 0 Å². The highest BCUT2D eigenvalue weighted by molar-refractivity contribution is 7.99. The van der Waals surface area contributed by atoms with E-state index < -0.39 is 10.0 Å². The summed E-state index contributed by atoms with van der Waals surface area (Å²) >= 11 is 2.94.